The molecule has 2 N–H and O–H groups in total. The van der Waals surface area contributed by atoms with Gasteiger partial charge in [-0.2, -0.15) is 0 Å². The second-order valence-corrected chi connectivity index (χ2v) is 11.7. The van der Waals surface area contributed by atoms with Crippen LogP contribution in [0.15, 0.2) is 47.5 Å². The van der Waals surface area contributed by atoms with Crippen molar-refractivity contribution in [2.45, 2.75) is 92.5 Å². The quantitative estimate of drug-likeness (QED) is 0.291. The number of nitrogens with two attached hydrogens (primary N) is 1. The van der Waals surface area contributed by atoms with E-state index in [1.807, 2.05) is 38.1 Å². The molecular formula is C32H48Cl2N2O2. The minimum Gasteiger partial charge on any atom is -0.333 e. The van der Waals surface area contributed by atoms with Crippen LogP contribution in [0.1, 0.15) is 108 Å². The lowest BCUT2D eigenvalue weighted by molar-refractivity contribution is -0.102. The summed E-state index contributed by atoms with van der Waals surface area (Å²) in [5.74, 6) is 1.25. The van der Waals surface area contributed by atoms with Gasteiger partial charge in [0, 0.05) is 21.2 Å². The molecule has 1 saturated carbocycles. The van der Waals surface area contributed by atoms with E-state index in [0.717, 1.165) is 43.8 Å². The number of carbonyl (C=O) groups excluding carboxylic acids is 2. The molecule has 2 aromatic carbocycles. The van der Waals surface area contributed by atoms with E-state index in [2.05, 4.69) is 47.3 Å². The van der Waals surface area contributed by atoms with Crippen molar-refractivity contribution in [3.63, 3.8) is 0 Å². The number of aliphatic imine (C=N–C) groups is 1. The largest absolute Gasteiger partial charge is 0.333 e. The number of benzene rings is 2. The smallest absolute Gasteiger partial charge is 0.168 e. The highest BCUT2D eigenvalue weighted by molar-refractivity contribution is 6.39. The average molecular weight is 564 g/mol. The summed E-state index contributed by atoms with van der Waals surface area (Å²) in [6.07, 6.45) is 5.96. The van der Waals surface area contributed by atoms with Gasteiger partial charge in [-0.3, -0.25) is 14.6 Å². The lowest BCUT2D eigenvalue weighted by Crippen LogP contribution is -2.34. The molecule has 38 heavy (non-hydrogen) atoms. The number of rotatable bonds is 5. The molecule has 3 rings (SSSR count). The lowest BCUT2D eigenvalue weighted by atomic mass is 9.68. The van der Waals surface area contributed by atoms with Crippen LogP contribution in [0.3, 0.4) is 0 Å². The molecule has 0 aliphatic heterocycles. The Hall–Kier alpha value is -2.01. The molecule has 0 amide bonds. The van der Waals surface area contributed by atoms with Crippen molar-refractivity contribution in [3.05, 3.63) is 69.2 Å². The van der Waals surface area contributed by atoms with E-state index in [-0.39, 0.29) is 5.54 Å². The second-order valence-electron chi connectivity index (χ2n) is 10.8. The van der Waals surface area contributed by atoms with Crippen LogP contribution < -0.4 is 5.73 Å². The summed E-state index contributed by atoms with van der Waals surface area (Å²) in [5.41, 5.74) is 7.79. The zero-order valence-electron chi connectivity index (χ0n) is 24.8. The molecule has 0 heterocycles. The molecule has 0 bridgehead atoms. The van der Waals surface area contributed by atoms with Crippen LogP contribution in [0, 0.1) is 11.3 Å². The van der Waals surface area contributed by atoms with Crippen LogP contribution in [0.4, 0.5) is 0 Å². The Morgan fingerprint density at radius 3 is 1.82 bits per heavy atom. The third-order valence-corrected chi connectivity index (χ3v) is 7.12. The van der Waals surface area contributed by atoms with Crippen LogP contribution in [0.5, 0.6) is 0 Å². The summed E-state index contributed by atoms with van der Waals surface area (Å²) in [7, 11) is 1.50. The van der Waals surface area contributed by atoms with Gasteiger partial charge in [0.05, 0.1) is 5.54 Å². The number of carbonyl (C=O) groups is 2. The minimum absolute atomic E-state index is 0.188. The number of aldehydes is 2. The minimum atomic E-state index is -0.188. The van der Waals surface area contributed by atoms with Crippen molar-refractivity contribution >= 4 is 41.5 Å². The predicted molar refractivity (Wildman–Crippen MR) is 166 cm³/mol. The standard InChI is InChI=1S/C19H25Cl2NO.C10H12O.C2H6.CH5N/c1-18(2,3)14-5-7-19(4,8-6-14)22-17(12-23)13-9-15(20)11-16(21)10-13;1-8(2)10-5-3-9(7-11)4-6-10;2*1-2/h9-12,14H,5-8H2,1-4H3;3-8H,1-2H3;1-2H3;2H2,1H3. The molecular weight excluding hydrogens is 515 g/mol. The number of halogens is 2. The molecule has 2 aromatic rings. The maximum atomic E-state index is 11.6. The molecule has 0 unspecified atom stereocenters. The van der Waals surface area contributed by atoms with Gasteiger partial charge < -0.3 is 5.73 Å². The van der Waals surface area contributed by atoms with Crippen molar-refractivity contribution in [2.75, 3.05) is 7.05 Å². The zero-order valence-corrected chi connectivity index (χ0v) is 26.3. The Kier molecular flexibility index (Phi) is 16.6. The molecule has 0 aromatic heterocycles. The molecule has 0 atom stereocenters. The molecule has 6 heteroatoms. The SMILES string of the molecule is CC.CC(C)c1ccc(C=O)cc1.CC1(N=C(C=O)c2cc(Cl)cc(Cl)c2)CCC(C(C)(C)C)CC1.CN. The first kappa shape index (κ1) is 36.0. The van der Waals surface area contributed by atoms with E-state index < -0.39 is 0 Å². The van der Waals surface area contributed by atoms with Gasteiger partial charge >= 0.3 is 0 Å². The monoisotopic (exact) mass is 562 g/mol. The van der Waals surface area contributed by atoms with Gasteiger partial charge in [-0.05, 0) is 80.7 Å². The van der Waals surface area contributed by atoms with Crippen molar-refractivity contribution in [2.24, 2.45) is 22.1 Å². The first-order chi connectivity index (χ1) is 17.9. The van der Waals surface area contributed by atoms with Gasteiger partial charge in [-0.25, -0.2) is 0 Å². The lowest BCUT2D eigenvalue weighted by Gasteiger charge is -2.40. The average Bonchev–Trinajstić information content (AvgIpc) is 2.89. The van der Waals surface area contributed by atoms with Crippen LogP contribution >= 0.6 is 23.2 Å². The topological polar surface area (TPSA) is 72.5 Å². The Bertz CT molecular complexity index is 981. The maximum Gasteiger partial charge on any atom is 0.168 e. The molecule has 0 spiro atoms. The Morgan fingerprint density at radius 2 is 1.45 bits per heavy atom. The fourth-order valence-electron chi connectivity index (χ4n) is 4.33. The molecule has 0 radical (unpaired) electrons. The van der Waals surface area contributed by atoms with E-state index in [9.17, 15) is 9.59 Å². The van der Waals surface area contributed by atoms with Gasteiger partial charge in [0.1, 0.15) is 12.0 Å². The zero-order chi connectivity index (χ0) is 29.5. The van der Waals surface area contributed by atoms with Gasteiger partial charge in [0.25, 0.3) is 0 Å². The first-order valence-electron chi connectivity index (χ1n) is 13.5. The second kappa shape index (κ2) is 17.6. The van der Waals surface area contributed by atoms with Crippen LogP contribution in [-0.4, -0.2) is 30.9 Å². The summed E-state index contributed by atoms with van der Waals surface area (Å²) in [6.45, 7) is 17.3. The predicted octanol–water partition coefficient (Wildman–Crippen LogP) is 9.20. The summed E-state index contributed by atoms with van der Waals surface area (Å²) < 4.78 is 0. The Balaban J connectivity index is 0.000000763. The van der Waals surface area contributed by atoms with E-state index in [1.54, 1.807) is 18.2 Å². The number of nitrogens with zero attached hydrogens (tertiary/aromatic N) is 1. The molecule has 212 valence electrons. The number of hydrogen-bond acceptors (Lipinski definition) is 4. The summed E-state index contributed by atoms with van der Waals surface area (Å²) in [4.78, 5) is 26.6. The maximum absolute atomic E-state index is 11.6. The fraction of sp³-hybridized carbons (Fsp3) is 0.531. The van der Waals surface area contributed by atoms with Crippen molar-refractivity contribution in [1.82, 2.24) is 0 Å². The van der Waals surface area contributed by atoms with Crippen LogP contribution in [0.25, 0.3) is 0 Å². The Morgan fingerprint density at radius 1 is 0.974 bits per heavy atom. The third-order valence-electron chi connectivity index (χ3n) is 6.69. The number of hydrogen-bond donors (Lipinski definition) is 1. The molecule has 1 aliphatic carbocycles. The highest BCUT2D eigenvalue weighted by Crippen LogP contribution is 2.43. The van der Waals surface area contributed by atoms with E-state index in [4.69, 9.17) is 28.2 Å². The van der Waals surface area contributed by atoms with Gasteiger partial charge in [-0.1, -0.05) is 95.9 Å². The third kappa shape index (κ3) is 12.2. The van der Waals surface area contributed by atoms with Gasteiger partial charge in [0.2, 0.25) is 0 Å². The Labute approximate surface area is 241 Å². The van der Waals surface area contributed by atoms with Gasteiger partial charge in [-0.15, -0.1) is 0 Å². The van der Waals surface area contributed by atoms with Crippen molar-refractivity contribution in [1.29, 1.82) is 0 Å². The normalized spacial score (nSPS) is 19.1. The summed E-state index contributed by atoms with van der Waals surface area (Å²) >= 11 is 12.1. The molecule has 0 saturated heterocycles. The molecule has 1 aliphatic rings. The van der Waals surface area contributed by atoms with Crippen molar-refractivity contribution < 1.29 is 9.59 Å². The van der Waals surface area contributed by atoms with E-state index in [1.165, 1.54) is 12.6 Å². The molecule has 1 fully saturated rings. The van der Waals surface area contributed by atoms with Gasteiger partial charge in [0.15, 0.2) is 6.29 Å². The van der Waals surface area contributed by atoms with E-state index >= 15 is 0 Å². The highest BCUT2D eigenvalue weighted by Gasteiger charge is 2.35. The van der Waals surface area contributed by atoms with Crippen LogP contribution in [0.2, 0.25) is 10.0 Å². The fourth-order valence-corrected chi connectivity index (χ4v) is 4.85. The molecule has 4 nitrogen and oxygen atoms in total. The van der Waals surface area contributed by atoms with E-state index in [0.29, 0.717) is 38.6 Å². The summed E-state index contributed by atoms with van der Waals surface area (Å²) in [5, 5.41) is 1.03. The van der Waals surface area contributed by atoms with Crippen molar-refractivity contribution in [3.8, 4) is 0 Å². The summed E-state index contributed by atoms with van der Waals surface area (Å²) in [6, 6.07) is 12.8. The van der Waals surface area contributed by atoms with Crippen LogP contribution in [-0.2, 0) is 4.79 Å². The highest BCUT2D eigenvalue weighted by atomic mass is 35.5. The first-order valence-corrected chi connectivity index (χ1v) is 14.3.